The Morgan fingerprint density at radius 2 is 1.58 bits per heavy atom. The number of hydrogen-bond donors (Lipinski definition) is 1. The van der Waals surface area contributed by atoms with Gasteiger partial charge in [-0.1, -0.05) is 46.5 Å². The first-order valence-electron chi connectivity index (χ1n) is 8.47. The molecule has 2 unspecified atom stereocenters. The molecule has 1 saturated heterocycles. The molecule has 2 heteroatoms. The van der Waals surface area contributed by atoms with Gasteiger partial charge in [-0.2, -0.15) is 0 Å². The summed E-state index contributed by atoms with van der Waals surface area (Å²) >= 11 is 0. The molecule has 2 fully saturated rings. The second kappa shape index (κ2) is 6.58. The highest BCUT2D eigenvalue weighted by Crippen LogP contribution is 2.29. The van der Waals surface area contributed by atoms with Crippen molar-refractivity contribution in [2.24, 2.45) is 5.41 Å². The Morgan fingerprint density at radius 3 is 2.16 bits per heavy atom. The Bertz CT molecular complexity index is 261. The summed E-state index contributed by atoms with van der Waals surface area (Å²) < 4.78 is 0. The van der Waals surface area contributed by atoms with Gasteiger partial charge in [0.15, 0.2) is 0 Å². The first kappa shape index (κ1) is 15.3. The molecule has 112 valence electrons. The smallest absolute Gasteiger partial charge is 0.0243 e. The topological polar surface area (TPSA) is 15.3 Å². The van der Waals surface area contributed by atoms with Crippen molar-refractivity contribution >= 4 is 0 Å². The third kappa shape index (κ3) is 4.19. The highest BCUT2D eigenvalue weighted by atomic mass is 15.2. The summed E-state index contributed by atoms with van der Waals surface area (Å²) in [5.41, 5.74) is 0.368. The Balaban J connectivity index is 2.06. The molecular weight excluding hydrogens is 232 g/mol. The zero-order chi connectivity index (χ0) is 13.9. The molecule has 1 heterocycles. The molecule has 2 nitrogen and oxygen atoms in total. The minimum atomic E-state index is 0.368. The van der Waals surface area contributed by atoms with Crippen molar-refractivity contribution in [3.05, 3.63) is 0 Å². The summed E-state index contributed by atoms with van der Waals surface area (Å²) in [4.78, 5) is 2.85. The molecule has 2 rings (SSSR count). The highest BCUT2D eigenvalue weighted by molar-refractivity contribution is 4.91. The van der Waals surface area contributed by atoms with Gasteiger partial charge in [0.1, 0.15) is 0 Å². The standard InChI is InChI=1S/C17H34N2/c1-14-11-12-18-16(17(2,3)4)13-19(14)15-9-7-5-6-8-10-15/h14-16,18H,5-13H2,1-4H3. The average Bonchev–Trinajstić information content (AvgIpc) is 2.68. The van der Waals surface area contributed by atoms with E-state index in [1.54, 1.807) is 0 Å². The molecule has 2 aliphatic rings. The van der Waals surface area contributed by atoms with Crippen LogP contribution in [-0.4, -0.2) is 36.1 Å². The molecule has 1 aliphatic heterocycles. The predicted molar refractivity (Wildman–Crippen MR) is 83.5 cm³/mol. The highest BCUT2D eigenvalue weighted by Gasteiger charge is 2.33. The molecule has 0 aromatic rings. The molecule has 1 N–H and O–H groups in total. The second-order valence-electron chi connectivity index (χ2n) is 7.85. The Labute approximate surface area is 120 Å². The van der Waals surface area contributed by atoms with Gasteiger partial charge in [0.25, 0.3) is 0 Å². The number of hydrogen-bond acceptors (Lipinski definition) is 2. The summed E-state index contributed by atoms with van der Waals surface area (Å²) in [6.07, 6.45) is 9.98. The van der Waals surface area contributed by atoms with Gasteiger partial charge >= 0.3 is 0 Å². The first-order valence-corrected chi connectivity index (χ1v) is 8.47. The quantitative estimate of drug-likeness (QED) is 0.726. The molecule has 0 bridgehead atoms. The fourth-order valence-corrected chi connectivity index (χ4v) is 3.77. The molecule has 0 aromatic carbocycles. The predicted octanol–water partition coefficient (Wildman–Crippen LogP) is 3.81. The van der Waals surface area contributed by atoms with Crippen LogP contribution in [0.2, 0.25) is 0 Å². The second-order valence-corrected chi connectivity index (χ2v) is 7.85. The van der Waals surface area contributed by atoms with Crippen LogP contribution in [0.5, 0.6) is 0 Å². The van der Waals surface area contributed by atoms with E-state index in [2.05, 4.69) is 37.9 Å². The largest absolute Gasteiger partial charge is 0.312 e. The normalized spacial score (nSPS) is 32.8. The molecule has 1 saturated carbocycles. The number of nitrogens with zero attached hydrogens (tertiary/aromatic N) is 1. The van der Waals surface area contributed by atoms with E-state index in [-0.39, 0.29) is 0 Å². The van der Waals surface area contributed by atoms with Crippen molar-refractivity contribution in [2.45, 2.75) is 90.8 Å². The van der Waals surface area contributed by atoms with Gasteiger partial charge in [0.05, 0.1) is 0 Å². The minimum Gasteiger partial charge on any atom is -0.312 e. The molecule has 19 heavy (non-hydrogen) atoms. The summed E-state index contributed by atoms with van der Waals surface area (Å²) in [6, 6.07) is 2.24. The third-order valence-corrected chi connectivity index (χ3v) is 5.25. The van der Waals surface area contributed by atoms with Crippen LogP contribution in [0.4, 0.5) is 0 Å². The van der Waals surface area contributed by atoms with E-state index >= 15 is 0 Å². The Kier molecular flexibility index (Phi) is 5.30. The number of rotatable bonds is 1. The molecule has 0 spiro atoms. The van der Waals surface area contributed by atoms with Gasteiger partial charge in [-0.3, -0.25) is 4.90 Å². The van der Waals surface area contributed by atoms with E-state index in [0.717, 1.165) is 12.1 Å². The lowest BCUT2D eigenvalue weighted by Gasteiger charge is -2.39. The van der Waals surface area contributed by atoms with Crippen LogP contribution in [0.1, 0.15) is 72.6 Å². The van der Waals surface area contributed by atoms with Crippen molar-refractivity contribution in [3.63, 3.8) is 0 Å². The van der Waals surface area contributed by atoms with Crippen molar-refractivity contribution < 1.29 is 0 Å². The van der Waals surface area contributed by atoms with Crippen LogP contribution < -0.4 is 5.32 Å². The first-order chi connectivity index (χ1) is 8.98. The van der Waals surface area contributed by atoms with Gasteiger partial charge in [0, 0.05) is 24.7 Å². The maximum absolute atomic E-state index is 3.79. The Morgan fingerprint density at radius 1 is 0.947 bits per heavy atom. The lowest BCUT2D eigenvalue weighted by Crippen LogP contribution is -2.50. The van der Waals surface area contributed by atoms with Gasteiger partial charge in [-0.05, 0) is 38.1 Å². The third-order valence-electron chi connectivity index (χ3n) is 5.25. The van der Waals surface area contributed by atoms with E-state index in [0.29, 0.717) is 11.5 Å². The fraction of sp³-hybridized carbons (Fsp3) is 1.00. The zero-order valence-electron chi connectivity index (χ0n) is 13.5. The van der Waals surface area contributed by atoms with E-state index in [1.165, 1.54) is 58.0 Å². The molecule has 0 aromatic heterocycles. The minimum absolute atomic E-state index is 0.368. The van der Waals surface area contributed by atoms with Crippen molar-refractivity contribution in [3.8, 4) is 0 Å². The van der Waals surface area contributed by atoms with E-state index in [1.807, 2.05) is 0 Å². The fourth-order valence-electron chi connectivity index (χ4n) is 3.77. The van der Waals surface area contributed by atoms with E-state index < -0.39 is 0 Å². The van der Waals surface area contributed by atoms with E-state index in [4.69, 9.17) is 0 Å². The summed E-state index contributed by atoms with van der Waals surface area (Å²) in [6.45, 7) is 12.0. The Hall–Kier alpha value is -0.0800. The van der Waals surface area contributed by atoms with Crippen LogP contribution >= 0.6 is 0 Å². The SMILES string of the molecule is CC1CCNC(C(C)(C)C)CN1C1CCCCCC1. The van der Waals surface area contributed by atoms with Gasteiger partial charge in [-0.25, -0.2) is 0 Å². The molecule has 2 atom stereocenters. The lowest BCUT2D eigenvalue weighted by molar-refractivity contribution is 0.105. The molecule has 0 amide bonds. The van der Waals surface area contributed by atoms with Gasteiger partial charge < -0.3 is 5.32 Å². The average molecular weight is 266 g/mol. The monoisotopic (exact) mass is 266 g/mol. The zero-order valence-corrected chi connectivity index (χ0v) is 13.5. The van der Waals surface area contributed by atoms with Gasteiger partial charge in [-0.15, -0.1) is 0 Å². The number of nitrogens with one attached hydrogen (secondary N) is 1. The van der Waals surface area contributed by atoms with Crippen molar-refractivity contribution in [2.75, 3.05) is 13.1 Å². The van der Waals surface area contributed by atoms with Crippen LogP contribution in [0.3, 0.4) is 0 Å². The van der Waals surface area contributed by atoms with Crippen LogP contribution in [0.25, 0.3) is 0 Å². The summed E-state index contributed by atoms with van der Waals surface area (Å²) in [5.74, 6) is 0. The van der Waals surface area contributed by atoms with E-state index in [9.17, 15) is 0 Å². The molecule has 0 radical (unpaired) electrons. The summed E-state index contributed by atoms with van der Waals surface area (Å²) in [5, 5.41) is 3.79. The van der Waals surface area contributed by atoms with Gasteiger partial charge in [0.2, 0.25) is 0 Å². The van der Waals surface area contributed by atoms with Crippen LogP contribution in [0, 0.1) is 5.41 Å². The van der Waals surface area contributed by atoms with Crippen LogP contribution in [0.15, 0.2) is 0 Å². The van der Waals surface area contributed by atoms with Crippen molar-refractivity contribution in [1.82, 2.24) is 10.2 Å². The maximum Gasteiger partial charge on any atom is 0.0243 e. The molecular formula is C17H34N2. The lowest BCUT2D eigenvalue weighted by atomic mass is 9.86. The maximum atomic E-state index is 3.79. The van der Waals surface area contributed by atoms with Crippen molar-refractivity contribution in [1.29, 1.82) is 0 Å². The van der Waals surface area contributed by atoms with Crippen LogP contribution in [-0.2, 0) is 0 Å². The molecule has 1 aliphatic carbocycles. The summed E-state index contributed by atoms with van der Waals surface area (Å²) in [7, 11) is 0.